The number of carbonyl (C=O) groups is 1. The summed E-state index contributed by atoms with van der Waals surface area (Å²) in [5.41, 5.74) is 1.51. The molecule has 20 heavy (non-hydrogen) atoms. The number of aromatic nitrogens is 1. The van der Waals surface area contributed by atoms with Crippen LogP contribution in [-0.4, -0.2) is 41.3 Å². The van der Waals surface area contributed by atoms with E-state index < -0.39 is 5.60 Å². The van der Waals surface area contributed by atoms with Crippen LogP contribution in [0.1, 0.15) is 38.1 Å². The SMILES string of the molecule is Cc1ccnc(C2CN(C(=O)OC(C)(C)C)CCO2)c1. The van der Waals surface area contributed by atoms with E-state index in [9.17, 15) is 4.79 Å². The van der Waals surface area contributed by atoms with Gasteiger partial charge in [-0.1, -0.05) is 0 Å². The van der Waals surface area contributed by atoms with Crippen molar-refractivity contribution >= 4 is 6.09 Å². The Morgan fingerprint density at radius 3 is 2.90 bits per heavy atom. The molecule has 0 bridgehead atoms. The predicted octanol–water partition coefficient (Wildman–Crippen LogP) is 2.70. The van der Waals surface area contributed by atoms with E-state index in [0.29, 0.717) is 19.7 Å². The monoisotopic (exact) mass is 278 g/mol. The zero-order chi connectivity index (χ0) is 14.8. The van der Waals surface area contributed by atoms with E-state index in [4.69, 9.17) is 9.47 Å². The minimum Gasteiger partial charge on any atom is -0.444 e. The molecule has 2 heterocycles. The zero-order valence-electron chi connectivity index (χ0n) is 12.5. The molecular formula is C15H22N2O3. The lowest BCUT2D eigenvalue weighted by atomic mass is 10.1. The number of hydrogen-bond donors (Lipinski definition) is 0. The Hall–Kier alpha value is -1.62. The molecule has 1 aliphatic heterocycles. The van der Waals surface area contributed by atoms with Gasteiger partial charge in [-0.25, -0.2) is 4.79 Å². The van der Waals surface area contributed by atoms with E-state index in [0.717, 1.165) is 11.3 Å². The fraction of sp³-hybridized carbons (Fsp3) is 0.600. The van der Waals surface area contributed by atoms with Crippen molar-refractivity contribution in [3.05, 3.63) is 29.6 Å². The summed E-state index contributed by atoms with van der Waals surface area (Å²) in [4.78, 5) is 18.1. The first-order chi connectivity index (χ1) is 9.35. The highest BCUT2D eigenvalue weighted by Crippen LogP contribution is 2.22. The maximum atomic E-state index is 12.1. The van der Waals surface area contributed by atoms with Crippen LogP contribution < -0.4 is 0 Å². The molecule has 0 aromatic carbocycles. The third-order valence-electron chi connectivity index (χ3n) is 2.98. The van der Waals surface area contributed by atoms with Gasteiger partial charge in [0.25, 0.3) is 0 Å². The lowest BCUT2D eigenvalue weighted by molar-refractivity contribution is -0.0447. The van der Waals surface area contributed by atoms with Crippen LogP contribution in [0.4, 0.5) is 4.79 Å². The minimum absolute atomic E-state index is 0.184. The molecule has 1 saturated heterocycles. The molecule has 2 rings (SSSR count). The molecule has 1 aliphatic rings. The molecule has 1 aromatic heterocycles. The van der Waals surface area contributed by atoms with Crippen molar-refractivity contribution in [3.63, 3.8) is 0 Å². The summed E-state index contributed by atoms with van der Waals surface area (Å²) < 4.78 is 11.1. The highest BCUT2D eigenvalue weighted by atomic mass is 16.6. The molecule has 0 spiro atoms. The Bertz CT molecular complexity index is 482. The van der Waals surface area contributed by atoms with Crippen LogP contribution >= 0.6 is 0 Å². The van der Waals surface area contributed by atoms with Gasteiger partial charge in [0.05, 0.1) is 18.8 Å². The number of rotatable bonds is 1. The molecule has 0 aliphatic carbocycles. The molecule has 5 nitrogen and oxygen atoms in total. The Balaban J connectivity index is 2.03. The summed E-state index contributed by atoms with van der Waals surface area (Å²) in [6.45, 7) is 9.14. The van der Waals surface area contributed by atoms with Gasteiger partial charge in [-0.3, -0.25) is 4.98 Å². The number of carbonyl (C=O) groups excluding carboxylic acids is 1. The van der Waals surface area contributed by atoms with Gasteiger partial charge in [0.15, 0.2) is 0 Å². The van der Waals surface area contributed by atoms with E-state index in [2.05, 4.69) is 4.98 Å². The number of nitrogens with zero attached hydrogens (tertiary/aromatic N) is 2. The van der Waals surface area contributed by atoms with Gasteiger partial charge < -0.3 is 14.4 Å². The Morgan fingerprint density at radius 2 is 2.25 bits per heavy atom. The van der Waals surface area contributed by atoms with Gasteiger partial charge in [-0.2, -0.15) is 0 Å². The maximum absolute atomic E-state index is 12.1. The van der Waals surface area contributed by atoms with Gasteiger partial charge in [0, 0.05) is 12.7 Å². The fourth-order valence-electron chi connectivity index (χ4n) is 2.06. The third kappa shape index (κ3) is 3.93. The smallest absolute Gasteiger partial charge is 0.410 e. The molecular weight excluding hydrogens is 256 g/mol. The fourth-order valence-corrected chi connectivity index (χ4v) is 2.06. The van der Waals surface area contributed by atoms with Crippen LogP contribution in [0, 0.1) is 6.92 Å². The van der Waals surface area contributed by atoms with Crippen molar-refractivity contribution in [2.75, 3.05) is 19.7 Å². The first-order valence-electron chi connectivity index (χ1n) is 6.87. The van der Waals surface area contributed by atoms with E-state index in [1.54, 1.807) is 11.1 Å². The van der Waals surface area contributed by atoms with E-state index >= 15 is 0 Å². The summed E-state index contributed by atoms with van der Waals surface area (Å²) in [5, 5.41) is 0. The van der Waals surface area contributed by atoms with Crippen molar-refractivity contribution in [3.8, 4) is 0 Å². The summed E-state index contributed by atoms with van der Waals surface area (Å²) in [6.07, 6.45) is 1.29. The molecule has 1 aromatic rings. The minimum atomic E-state index is -0.480. The second kappa shape index (κ2) is 5.79. The first kappa shape index (κ1) is 14.8. The van der Waals surface area contributed by atoms with Crippen molar-refractivity contribution in [2.45, 2.75) is 39.4 Å². The molecule has 1 fully saturated rings. The molecule has 110 valence electrons. The second-order valence-corrected chi connectivity index (χ2v) is 6.04. The lowest BCUT2D eigenvalue weighted by Crippen LogP contribution is -2.44. The van der Waals surface area contributed by atoms with Crippen molar-refractivity contribution in [1.29, 1.82) is 0 Å². The molecule has 1 amide bonds. The molecule has 0 N–H and O–H groups in total. The second-order valence-electron chi connectivity index (χ2n) is 6.04. The molecule has 0 saturated carbocycles. The van der Waals surface area contributed by atoms with Crippen LogP contribution in [0.5, 0.6) is 0 Å². The highest BCUT2D eigenvalue weighted by molar-refractivity contribution is 5.68. The van der Waals surface area contributed by atoms with Gasteiger partial charge in [-0.15, -0.1) is 0 Å². The topological polar surface area (TPSA) is 51.7 Å². The van der Waals surface area contributed by atoms with Crippen molar-refractivity contribution in [2.24, 2.45) is 0 Å². The molecule has 1 atom stereocenters. The van der Waals surface area contributed by atoms with Crippen LogP contribution in [-0.2, 0) is 9.47 Å². The van der Waals surface area contributed by atoms with E-state index in [1.807, 2.05) is 39.8 Å². The Labute approximate surface area is 119 Å². The van der Waals surface area contributed by atoms with Crippen molar-refractivity contribution < 1.29 is 14.3 Å². The van der Waals surface area contributed by atoms with Gasteiger partial charge >= 0.3 is 6.09 Å². The number of hydrogen-bond acceptors (Lipinski definition) is 4. The van der Waals surface area contributed by atoms with Gasteiger partial charge in [0.1, 0.15) is 11.7 Å². The highest BCUT2D eigenvalue weighted by Gasteiger charge is 2.29. The van der Waals surface area contributed by atoms with Crippen LogP contribution in [0.15, 0.2) is 18.3 Å². The molecule has 1 unspecified atom stereocenters. The Morgan fingerprint density at radius 1 is 1.50 bits per heavy atom. The van der Waals surface area contributed by atoms with Gasteiger partial charge in [-0.05, 0) is 45.4 Å². The van der Waals surface area contributed by atoms with Crippen LogP contribution in [0.2, 0.25) is 0 Å². The van der Waals surface area contributed by atoms with Gasteiger partial charge in [0.2, 0.25) is 0 Å². The third-order valence-corrected chi connectivity index (χ3v) is 2.98. The zero-order valence-corrected chi connectivity index (χ0v) is 12.5. The average molecular weight is 278 g/mol. The summed E-state index contributed by atoms with van der Waals surface area (Å²) in [7, 11) is 0. The van der Waals surface area contributed by atoms with Crippen molar-refractivity contribution in [1.82, 2.24) is 9.88 Å². The summed E-state index contributed by atoms with van der Waals surface area (Å²) in [5.74, 6) is 0. The number of pyridine rings is 1. The predicted molar refractivity (Wildman–Crippen MR) is 75.5 cm³/mol. The quantitative estimate of drug-likeness (QED) is 0.792. The Kier molecular flexibility index (Phi) is 4.28. The number of aryl methyl sites for hydroxylation is 1. The van der Waals surface area contributed by atoms with Crippen LogP contribution in [0.3, 0.4) is 0 Å². The first-order valence-corrected chi connectivity index (χ1v) is 6.87. The molecule has 5 heteroatoms. The maximum Gasteiger partial charge on any atom is 0.410 e. The normalized spacial score (nSPS) is 19.8. The standard InChI is InChI=1S/C15H22N2O3/c1-11-5-6-16-12(9-11)13-10-17(7-8-19-13)14(18)20-15(2,3)4/h5-6,9,13H,7-8,10H2,1-4H3. The van der Waals surface area contributed by atoms with E-state index in [-0.39, 0.29) is 12.2 Å². The molecule has 0 radical (unpaired) electrons. The number of morpholine rings is 1. The summed E-state index contributed by atoms with van der Waals surface area (Å²) >= 11 is 0. The lowest BCUT2D eigenvalue weighted by Gasteiger charge is -2.34. The largest absolute Gasteiger partial charge is 0.444 e. The number of amides is 1. The summed E-state index contributed by atoms with van der Waals surface area (Å²) in [6, 6.07) is 3.93. The van der Waals surface area contributed by atoms with Crippen LogP contribution in [0.25, 0.3) is 0 Å². The average Bonchev–Trinajstić information content (AvgIpc) is 2.37. The number of ether oxygens (including phenoxy) is 2. The van der Waals surface area contributed by atoms with E-state index in [1.165, 1.54) is 0 Å².